The highest BCUT2D eigenvalue weighted by atomic mass is 32.2. The van der Waals surface area contributed by atoms with Crippen LogP contribution in [0, 0.1) is 0 Å². The zero-order valence-corrected chi connectivity index (χ0v) is 10.8. The van der Waals surface area contributed by atoms with Crippen molar-refractivity contribution in [2.75, 3.05) is 6.61 Å². The molecule has 6 heteroatoms. The van der Waals surface area contributed by atoms with Crippen molar-refractivity contribution in [1.82, 2.24) is 0 Å². The highest BCUT2D eigenvalue weighted by Crippen LogP contribution is 2.40. The molecule has 0 aliphatic rings. The van der Waals surface area contributed by atoms with E-state index in [1.165, 1.54) is 18.2 Å². The van der Waals surface area contributed by atoms with Crippen molar-refractivity contribution in [1.29, 1.82) is 0 Å². The van der Waals surface area contributed by atoms with Gasteiger partial charge in [0.1, 0.15) is 5.75 Å². The summed E-state index contributed by atoms with van der Waals surface area (Å²) in [6.45, 7) is 3.71. The summed E-state index contributed by atoms with van der Waals surface area (Å²) >= 11 is -0.290. The molecule has 0 N–H and O–H groups in total. The predicted octanol–water partition coefficient (Wildman–Crippen LogP) is 4.29. The van der Waals surface area contributed by atoms with Gasteiger partial charge in [0.2, 0.25) is 0 Å². The van der Waals surface area contributed by atoms with Gasteiger partial charge in [0, 0.05) is 16.9 Å². The Balaban J connectivity index is 3.13. The average Bonchev–Trinajstić information content (AvgIpc) is 2.27. The number of rotatable bonds is 5. The number of thioether (sulfide) groups is 1. The van der Waals surface area contributed by atoms with Crippen molar-refractivity contribution < 1.29 is 22.7 Å². The molecule has 0 aliphatic heterocycles. The number of ether oxygens (including phenoxy) is 1. The molecule has 0 heterocycles. The monoisotopic (exact) mass is 278 g/mol. The van der Waals surface area contributed by atoms with Crippen LogP contribution >= 0.6 is 11.8 Å². The minimum absolute atomic E-state index is 0.0864. The second kappa shape index (κ2) is 6.13. The van der Waals surface area contributed by atoms with Crippen LogP contribution in [0.1, 0.15) is 30.6 Å². The summed E-state index contributed by atoms with van der Waals surface area (Å²) in [5, 5.41) is 0. The van der Waals surface area contributed by atoms with E-state index in [4.69, 9.17) is 4.74 Å². The number of hydrogen-bond donors (Lipinski definition) is 0. The maximum Gasteiger partial charge on any atom is 0.446 e. The summed E-state index contributed by atoms with van der Waals surface area (Å²) in [6, 6.07) is 4.14. The van der Waals surface area contributed by atoms with Gasteiger partial charge in [-0.15, -0.1) is 0 Å². The molecule has 0 amide bonds. The number of benzene rings is 1. The van der Waals surface area contributed by atoms with Gasteiger partial charge in [-0.3, -0.25) is 4.79 Å². The summed E-state index contributed by atoms with van der Waals surface area (Å²) in [6.07, 6.45) is 0.166. The van der Waals surface area contributed by atoms with Gasteiger partial charge in [0.25, 0.3) is 0 Å². The van der Waals surface area contributed by atoms with E-state index in [2.05, 4.69) is 0 Å². The maximum atomic E-state index is 12.4. The van der Waals surface area contributed by atoms with Crippen LogP contribution in [0.4, 0.5) is 13.2 Å². The predicted molar refractivity (Wildman–Crippen MR) is 64.1 cm³/mol. The van der Waals surface area contributed by atoms with Crippen LogP contribution in [0.3, 0.4) is 0 Å². The quantitative estimate of drug-likeness (QED) is 0.593. The van der Waals surface area contributed by atoms with E-state index in [0.29, 0.717) is 12.4 Å². The van der Waals surface area contributed by atoms with E-state index in [1.807, 2.05) is 0 Å². The molecule has 0 saturated heterocycles. The largest absolute Gasteiger partial charge is 0.494 e. The van der Waals surface area contributed by atoms with Gasteiger partial charge < -0.3 is 4.74 Å². The molecule has 0 aromatic heterocycles. The van der Waals surface area contributed by atoms with Gasteiger partial charge in [0.15, 0.2) is 5.78 Å². The minimum Gasteiger partial charge on any atom is -0.494 e. The lowest BCUT2D eigenvalue weighted by Gasteiger charge is -2.12. The van der Waals surface area contributed by atoms with Crippen molar-refractivity contribution in [3.63, 3.8) is 0 Å². The lowest BCUT2D eigenvalue weighted by molar-refractivity contribution is -0.0328. The first-order chi connectivity index (χ1) is 8.37. The zero-order valence-electron chi connectivity index (χ0n) is 10.0. The van der Waals surface area contributed by atoms with Crippen molar-refractivity contribution >= 4 is 17.5 Å². The fraction of sp³-hybridized carbons (Fsp3) is 0.417. The number of alkyl halides is 3. The summed E-state index contributed by atoms with van der Waals surface area (Å²) in [5.41, 5.74) is -4.34. The molecule has 18 heavy (non-hydrogen) atoms. The summed E-state index contributed by atoms with van der Waals surface area (Å²) in [5.74, 6) is 0.0155. The van der Waals surface area contributed by atoms with Crippen molar-refractivity contribution in [3.05, 3.63) is 23.8 Å². The topological polar surface area (TPSA) is 26.3 Å². The fourth-order valence-electron chi connectivity index (χ4n) is 1.39. The molecule has 1 aromatic rings. The van der Waals surface area contributed by atoms with Gasteiger partial charge in [-0.25, -0.2) is 0 Å². The summed E-state index contributed by atoms with van der Waals surface area (Å²) in [7, 11) is 0. The van der Waals surface area contributed by atoms with Crippen LogP contribution in [0.5, 0.6) is 5.75 Å². The molecule has 0 saturated carbocycles. The molecular weight excluding hydrogens is 265 g/mol. The Kier molecular flexibility index (Phi) is 5.07. The first-order valence-corrected chi connectivity index (χ1v) is 6.24. The van der Waals surface area contributed by atoms with Gasteiger partial charge in [-0.05, 0) is 36.9 Å². The van der Waals surface area contributed by atoms with Crippen LogP contribution in [-0.2, 0) is 0 Å². The van der Waals surface area contributed by atoms with Crippen LogP contribution < -0.4 is 4.74 Å². The second-order valence-corrected chi connectivity index (χ2v) is 4.52. The van der Waals surface area contributed by atoms with Gasteiger partial charge in [0.05, 0.1) is 6.61 Å². The Labute approximate surface area is 108 Å². The Bertz CT molecular complexity index is 430. The minimum atomic E-state index is -4.42. The average molecular weight is 278 g/mol. The lowest BCUT2D eigenvalue weighted by Crippen LogP contribution is -2.05. The number of carbonyl (C=O) groups is 1. The molecule has 0 atom stereocenters. The first-order valence-electron chi connectivity index (χ1n) is 5.43. The smallest absolute Gasteiger partial charge is 0.446 e. The Morgan fingerprint density at radius 2 is 2.00 bits per heavy atom. The second-order valence-electron chi connectivity index (χ2n) is 3.42. The third-order valence-electron chi connectivity index (χ3n) is 2.11. The Hall–Kier alpha value is -1.17. The van der Waals surface area contributed by atoms with E-state index in [0.717, 1.165) is 0 Å². The third kappa shape index (κ3) is 4.25. The van der Waals surface area contributed by atoms with Gasteiger partial charge >= 0.3 is 5.51 Å². The summed E-state index contributed by atoms with van der Waals surface area (Å²) in [4.78, 5) is 11.5. The molecule has 2 nitrogen and oxygen atoms in total. The molecule has 0 aliphatic carbocycles. The number of carbonyl (C=O) groups excluding carboxylic acids is 1. The lowest BCUT2D eigenvalue weighted by atomic mass is 10.1. The van der Waals surface area contributed by atoms with Gasteiger partial charge in [-0.2, -0.15) is 13.2 Å². The number of ketones is 1. The molecule has 0 radical (unpaired) electrons. The molecule has 0 bridgehead atoms. The van der Waals surface area contributed by atoms with Crippen LogP contribution in [0.2, 0.25) is 0 Å². The highest BCUT2D eigenvalue weighted by Gasteiger charge is 2.31. The normalized spacial score (nSPS) is 11.4. The summed E-state index contributed by atoms with van der Waals surface area (Å²) < 4.78 is 42.4. The molecule has 0 spiro atoms. The number of hydrogen-bond acceptors (Lipinski definition) is 3. The zero-order chi connectivity index (χ0) is 13.8. The molecule has 0 unspecified atom stereocenters. The molecular formula is C12H13F3O2S. The van der Waals surface area contributed by atoms with Crippen molar-refractivity contribution in [2.45, 2.75) is 30.7 Å². The standard InChI is InChI=1S/C12H13F3O2S/c1-3-10(16)9-6-5-8(17-4-2)7-11(9)18-12(13,14)15/h5-7H,3-4H2,1-2H3. The van der Waals surface area contributed by atoms with Gasteiger partial charge in [-0.1, -0.05) is 6.92 Å². The highest BCUT2D eigenvalue weighted by molar-refractivity contribution is 8.00. The van der Waals surface area contributed by atoms with Crippen LogP contribution in [-0.4, -0.2) is 17.9 Å². The Morgan fingerprint density at radius 3 is 2.50 bits per heavy atom. The van der Waals surface area contributed by atoms with E-state index >= 15 is 0 Å². The molecule has 0 fully saturated rings. The number of Topliss-reactive ketones (excluding diaryl/α,β-unsaturated/α-hetero) is 1. The van der Waals surface area contributed by atoms with E-state index in [1.54, 1.807) is 13.8 Å². The first kappa shape index (κ1) is 14.9. The maximum absolute atomic E-state index is 12.4. The van der Waals surface area contributed by atoms with Crippen LogP contribution in [0.25, 0.3) is 0 Å². The van der Waals surface area contributed by atoms with Crippen molar-refractivity contribution in [2.24, 2.45) is 0 Å². The third-order valence-corrected chi connectivity index (χ3v) is 2.90. The van der Waals surface area contributed by atoms with Crippen molar-refractivity contribution in [3.8, 4) is 5.75 Å². The molecule has 100 valence electrons. The van der Waals surface area contributed by atoms with E-state index < -0.39 is 5.51 Å². The Morgan fingerprint density at radius 1 is 1.33 bits per heavy atom. The fourth-order valence-corrected chi connectivity index (χ4v) is 2.11. The van der Waals surface area contributed by atoms with Crippen LogP contribution in [0.15, 0.2) is 23.1 Å². The molecule has 1 aromatic carbocycles. The molecule has 1 rings (SSSR count). The van der Waals surface area contributed by atoms with E-state index in [-0.39, 0.29) is 34.4 Å². The SMILES string of the molecule is CCOc1ccc(C(=O)CC)c(SC(F)(F)F)c1. The van der Waals surface area contributed by atoms with E-state index in [9.17, 15) is 18.0 Å². The number of halogens is 3.